The number of aryl methyl sites for hydroxylation is 1. The standard InChI is InChI=1S/C20H21N5O2S/c1-5-24(6-2)20(26)16-12(3)15-18-22-17(13-8-7-9-14(10-13)27-4)23-25(18)11-21-19(15)28-16/h7-11H,5-6H2,1-4H3. The second kappa shape index (κ2) is 7.20. The molecule has 0 saturated heterocycles. The molecule has 0 aliphatic rings. The fourth-order valence-electron chi connectivity index (χ4n) is 3.28. The maximum atomic E-state index is 12.9. The zero-order valence-corrected chi connectivity index (χ0v) is 17.1. The smallest absolute Gasteiger partial charge is 0.264 e. The van der Waals surface area contributed by atoms with E-state index in [-0.39, 0.29) is 5.91 Å². The van der Waals surface area contributed by atoms with Crippen LogP contribution in [0.15, 0.2) is 30.6 Å². The van der Waals surface area contributed by atoms with Crippen LogP contribution in [0.25, 0.3) is 27.3 Å². The van der Waals surface area contributed by atoms with Gasteiger partial charge >= 0.3 is 0 Å². The topological polar surface area (TPSA) is 72.6 Å². The molecule has 0 fully saturated rings. The minimum Gasteiger partial charge on any atom is -0.497 e. The number of carbonyl (C=O) groups excluding carboxylic acids is 1. The number of benzene rings is 1. The number of aromatic nitrogens is 4. The van der Waals surface area contributed by atoms with Gasteiger partial charge in [0.2, 0.25) is 0 Å². The maximum absolute atomic E-state index is 12.9. The summed E-state index contributed by atoms with van der Waals surface area (Å²) >= 11 is 1.41. The summed E-state index contributed by atoms with van der Waals surface area (Å²) in [5, 5.41) is 5.45. The van der Waals surface area contributed by atoms with Crippen LogP contribution in [-0.4, -0.2) is 50.6 Å². The van der Waals surface area contributed by atoms with Crippen LogP contribution < -0.4 is 4.74 Å². The maximum Gasteiger partial charge on any atom is 0.264 e. The Morgan fingerprint density at radius 1 is 1.29 bits per heavy atom. The third kappa shape index (κ3) is 2.90. The minimum absolute atomic E-state index is 0.0381. The molecule has 144 valence electrons. The summed E-state index contributed by atoms with van der Waals surface area (Å²) in [5.41, 5.74) is 2.47. The molecule has 0 radical (unpaired) electrons. The zero-order chi connectivity index (χ0) is 19.8. The number of nitrogens with zero attached hydrogens (tertiary/aromatic N) is 5. The molecule has 1 aromatic carbocycles. The van der Waals surface area contributed by atoms with E-state index in [2.05, 4.69) is 10.1 Å². The van der Waals surface area contributed by atoms with E-state index >= 15 is 0 Å². The van der Waals surface area contributed by atoms with Crippen LogP contribution in [-0.2, 0) is 0 Å². The lowest BCUT2D eigenvalue weighted by atomic mass is 10.2. The van der Waals surface area contributed by atoms with Gasteiger partial charge in [0.25, 0.3) is 5.91 Å². The molecule has 0 N–H and O–H groups in total. The van der Waals surface area contributed by atoms with Crippen LogP contribution in [0.4, 0.5) is 0 Å². The molecule has 3 heterocycles. The molecule has 0 atom stereocenters. The van der Waals surface area contributed by atoms with Crippen molar-refractivity contribution in [3.8, 4) is 17.1 Å². The van der Waals surface area contributed by atoms with E-state index in [1.807, 2.05) is 49.9 Å². The lowest BCUT2D eigenvalue weighted by Gasteiger charge is -2.17. The SMILES string of the molecule is CCN(CC)C(=O)c1sc2ncn3nc(-c4cccc(OC)c4)nc3c2c1C. The van der Waals surface area contributed by atoms with E-state index < -0.39 is 0 Å². The average Bonchev–Trinajstić information content (AvgIpc) is 3.30. The molecule has 0 bridgehead atoms. The van der Waals surface area contributed by atoms with Crippen molar-refractivity contribution in [1.29, 1.82) is 0 Å². The Hall–Kier alpha value is -3.00. The Labute approximate surface area is 166 Å². The molecule has 1 amide bonds. The normalized spacial score (nSPS) is 11.3. The number of ether oxygens (including phenoxy) is 1. The number of methoxy groups -OCH3 is 1. The molecule has 0 saturated carbocycles. The Kier molecular flexibility index (Phi) is 4.72. The summed E-state index contributed by atoms with van der Waals surface area (Å²) in [6.45, 7) is 7.28. The predicted octanol–water partition coefficient (Wildman–Crippen LogP) is 3.81. The van der Waals surface area contributed by atoms with Gasteiger partial charge in [-0.2, -0.15) is 0 Å². The Balaban J connectivity index is 1.88. The van der Waals surface area contributed by atoms with E-state index in [9.17, 15) is 4.79 Å². The number of fused-ring (bicyclic) bond motifs is 3. The first kappa shape index (κ1) is 18.4. The monoisotopic (exact) mass is 395 g/mol. The fraction of sp³-hybridized carbons (Fsp3) is 0.300. The molecule has 0 spiro atoms. The van der Waals surface area contributed by atoms with Gasteiger partial charge in [0, 0.05) is 18.7 Å². The molecule has 0 aliphatic heterocycles. The second-order valence-electron chi connectivity index (χ2n) is 6.39. The van der Waals surface area contributed by atoms with Gasteiger partial charge in [0.05, 0.1) is 17.4 Å². The van der Waals surface area contributed by atoms with Crippen molar-refractivity contribution in [3.63, 3.8) is 0 Å². The van der Waals surface area contributed by atoms with Crippen molar-refractivity contribution in [2.24, 2.45) is 0 Å². The summed E-state index contributed by atoms with van der Waals surface area (Å²) < 4.78 is 6.97. The molecule has 3 aromatic heterocycles. The number of thiophene rings is 1. The van der Waals surface area contributed by atoms with E-state index in [4.69, 9.17) is 9.72 Å². The van der Waals surface area contributed by atoms with Crippen molar-refractivity contribution >= 4 is 33.1 Å². The van der Waals surface area contributed by atoms with Gasteiger partial charge in [0.15, 0.2) is 11.5 Å². The van der Waals surface area contributed by atoms with Crippen LogP contribution >= 0.6 is 11.3 Å². The van der Waals surface area contributed by atoms with Crippen LogP contribution in [0, 0.1) is 6.92 Å². The third-order valence-corrected chi connectivity index (χ3v) is 6.03. The number of hydrogen-bond acceptors (Lipinski definition) is 6. The highest BCUT2D eigenvalue weighted by molar-refractivity contribution is 7.20. The Bertz CT molecular complexity index is 1180. The molecular formula is C20H21N5O2S. The largest absolute Gasteiger partial charge is 0.497 e. The van der Waals surface area contributed by atoms with Gasteiger partial charge in [-0.1, -0.05) is 12.1 Å². The summed E-state index contributed by atoms with van der Waals surface area (Å²) in [6, 6.07) is 7.63. The first-order valence-electron chi connectivity index (χ1n) is 9.15. The first-order chi connectivity index (χ1) is 13.6. The van der Waals surface area contributed by atoms with Gasteiger partial charge in [-0.15, -0.1) is 16.4 Å². The van der Waals surface area contributed by atoms with Crippen molar-refractivity contribution in [2.45, 2.75) is 20.8 Å². The highest BCUT2D eigenvalue weighted by atomic mass is 32.1. The lowest BCUT2D eigenvalue weighted by molar-refractivity contribution is 0.0777. The Morgan fingerprint density at radius 3 is 2.79 bits per heavy atom. The molecule has 28 heavy (non-hydrogen) atoms. The molecule has 7 nitrogen and oxygen atoms in total. The predicted molar refractivity (Wildman–Crippen MR) is 110 cm³/mol. The highest BCUT2D eigenvalue weighted by Gasteiger charge is 2.23. The minimum atomic E-state index is 0.0381. The molecule has 8 heteroatoms. The fourth-order valence-corrected chi connectivity index (χ4v) is 4.39. The number of carbonyl (C=O) groups is 1. The van der Waals surface area contributed by atoms with E-state index in [0.717, 1.165) is 27.1 Å². The van der Waals surface area contributed by atoms with Crippen LogP contribution in [0.5, 0.6) is 5.75 Å². The molecular weight excluding hydrogens is 374 g/mol. The second-order valence-corrected chi connectivity index (χ2v) is 7.39. The molecule has 4 rings (SSSR count). The van der Waals surface area contributed by atoms with E-state index in [1.165, 1.54) is 11.3 Å². The Morgan fingerprint density at radius 2 is 2.07 bits per heavy atom. The zero-order valence-electron chi connectivity index (χ0n) is 16.3. The lowest BCUT2D eigenvalue weighted by Crippen LogP contribution is -2.30. The van der Waals surface area contributed by atoms with E-state index in [0.29, 0.717) is 29.4 Å². The van der Waals surface area contributed by atoms with Crippen molar-refractivity contribution in [3.05, 3.63) is 41.0 Å². The van der Waals surface area contributed by atoms with Crippen LogP contribution in [0.1, 0.15) is 29.1 Å². The average molecular weight is 395 g/mol. The van der Waals surface area contributed by atoms with Crippen LogP contribution in [0.3, 0.4) is 0 Å². The van der Waals surface area contributed by atoms with Crippen molar-refractivity contribution in [1.82, 2.24) is 24.5 Å². The van der Waals surface area contributed by atoms with Gasteiger partial charge in [-0.05, 0) is 38.5 Å². The number of hydrogen-bond donors (Lipinski definition) is 0. The quantitative estimate of drug-likeness (QED) is 0.514. The van der Waals surface area contributed by atoms with E-state index in [1.54, 1.807) is 18.0 Å². The van der Waals surface area contributed by atoms with Crippen molar-refractivity contribution < 1.29 is 9.53 Å². The van der Waals surface area contributed by atoms with Gasteiger partial charge in [-0.25, -0.2) is 14.5 Å². The first-order valence-corrected chi connectivity index (χ1v) is 9.97. The van der Waals surface area contributed by atoms with Crippen molar-refractivity contribution in [2.75, 3.05) is 20.2 Å². The summed E-state index contributed by atoms with van der Waals surface area (Å²) in [5.74, 6) is 1.38. The number of rotatable bonds is 5. The summed E-state index contributed by atoms with van der Waals surface area (Å²) in [6.07, 6.45) is 1.65. The van der Waals surface area contributed by atoms with Crippen LogP contribution in [0.2, 0.25) is 0 Å². The summed E-state index contributed by atoms with van der Waals surface area (Å²) in [4.78, 5) is 25.5. The van der Waals surface area contributed by atoms with Gasteiger partial charge in [0.1, 0.15) is 16.9 Å². The van der Waals surface area contributed by atoms with Gasteiger partial charge < -0.3 is 9.64 Å². The molecule has 4 aromatic rings. The number of amides is 1. The summed E-state index contributed by atoms with van der Waals surface area (Å²) in [7, 11) is 1.63. The van der Waals surface area contributed by atoms with Gasteiger partial charge in [-0.3, -0.25) is 4.79 Å². The molecule has 0 unspecified atom stereocenters. The highest BCUT2D eigenvalue weighted by Crippen LogP contribution is 2.33. The molecule has 0 aliphatic carbocycles. The third-order valence-electron chi connectivity index (χ3n) is 4.84.